The van der Waals surface area contributed by atoms with E-state index in [0.717, 1.165) is 44.7 Å². The van der Waals surface area contributed by atoms with Gasteiger partial charge in [0.2, 0.25) is 0 Å². The maximum absolute atomic E-state index is 13.6. The lowest BCUT2D eigenvalue weighted by Crippen LogP contribution is -2.14. The number of aromatic nitrogens is 3. The lowest BCUT2D eigenvalue weighted by molar-refractivity contribution is 0.102. The normalized spacial score (nSPS) is 10.8. The van der Waals surface area contributed by atoms with Crippen LogP contribution in [0.1, 0.15) is 38.4 Å². The highest BCUT2D eigenvalue weighted by atomic mass is 16.1. The van der Waals surface area contributed by atoms with Crippen LogP contribution in [0.25, 0.3) is 22.2 Å². The number of amides is 1. The molecule has 3 aromatic carbocycles. The fourth-order valence-corrected chi connectivity index (χ4v) is 4.39. The van der Waals surface area contributed by atoms with Crippen LogP contribution in [0.3, 0.4) is 0 Å². The van der Waals surface area contributed by atoms with E-state index >= 15 is 0 Å². The molecule has 0 saturated carbocycles. The average Bonchev–Trinajstić information content (AvgIpc) is 3.15. The number of para-hydroxylation sites is 1. The molecule has 0 radical (unpaired) electrons. The smallest absolute Gasteiger partial charge is 0.256 e. The van der Waals surface area contributed by atoms with E-state index in [-0.39, 0.29) is 5.91 Å². The van der Waals surface area contributed by atoms with Gasteiger partial charge in [0.1, 0.15) is 0 Å². The van der Waals surface area contributed by atoms with Gasteiger partial charge in [0.15, 0.2) is 0 Å². The molecule has 0 fully saturated rings. The van der Waals surface area contributed by atoms with Crippen LogP contribution in [0.4, 0.5) is 5.69 Å². The number of anilines is 1. The van der Waals surface area contributed by atoms with Gasteiger partial charge in [0.25, 0.3) is 5.91 Å². The molecule has 1 N–H and O–H groups in total. The van der Waals surface area contributed by atoms with E-state index < -0.39 is 0 Å². The molecule has 0 aliphatic heterocycles. The standard InChI is InChI=1S/C30H25N5O/c1-19-7-6-8-24(15-19)28-16-26(25-9-4-5-10-27(25)32-28)30(36)33-29-20(2)34-35(21(29)3)18-23-13-11-22(17-31)12-14-23/h4-16H,18H2,1-3H3,(H,33,36). The van der Waals surface area contributed by atoms with Crippen LogP contribution < -0.4 is 5.32 Å². The molecule has 0 spiro atoms. The molecule has 5 aromatic rings. The topological polar surface area (TPSA) is 83.6 Å². The van der Waals surface area contributed by atoms with E-state index in [9.17, 15) is 4.79 Å². The largest absolute Gasteiger partial charge is 0.319 e. The number of nitrogens with one attached hydrogen (secondary N) is 1. The van der Waals surface area contributed by atoms with Gasteiger partial charge < -0.3 is 5.32 Å². The fourth-order valence-electron chi connectivity index (χ4n) is 4.39. The van der Waals surface area contributed by atoms with Gasteiger partial charge >= 0.3 is 0 Å². The van der Waals surface area contributed by atoms with Crippen LogP contribution in [0.5, 0.6) is 0 Å². The summed E-state index contributed by atoms with van der Waals surface area (Å²) in [7, 11) is 0. The van der Waals surface area contributed by atoms with Gasteiger partial charge in [-0.25, -0.2) is 4.98 Å². The second-order valence-electron chi connectivity index (χ2n) is 8.91. The van der Waals surface area contributed by atoms with Crippen LogP contribution in [-0.4, -0.2) is 20.7 Å². The number of carbonyl (C=O) groups excluding carboxylic acids is 1. The molecular formula is C30H25N5O. The minimum Gasteiger partial charge on any atom is -0.319 e. The first-order valence-corrected chi connectivity index (χ1v) is 11.7. The van der Waals surface area contributed by atoms with Crippen molar-refractivity contribution in [3.8, 4) is 17.3 Å². The summed E-state index contributed by atoms with van der Waals surface area (Å²) in [4.78, 5) is 18.4. The van der Waals surface area contributed by atoms with Crippen LogP contribution in [-0.2, 0) is 6.54 Å². The molecule has 6 heteroatoms. The van der Waals surface area contributed by atoms with E-state index in [2.05, 4.69) is 22.6 Å². The van der Waals surface area contributed by atoms with Crippen LogP contribution in [0, 0.1) is 32.1 Å². The lowest BCUT2D eigenvalue weighted by atomic mass is 10.0. The third-order valence-corrected chi connectivity index (χ3v) is 6.31. The molecule has 6 nitrogen and oxygen atoms in total. The van der Waals surface area contributed by atoms with Crippen molar-refractivity contribution in [2.75, 3.05) is 5.32 Å². The zero-order valence-electron chi connectivity index (χ0n) is 20.4. The monoisotopic (exact) mass is 471 g/mol. The predicted molar refractivity (Wildman–Crippen MR) is 142 cm³/mol. The maximum atomic E-state index is 13.6. The van der Waals surface area contributed by atoms with Crippen LogP contribution in [0.15, 0.2) is 78.9 Å². The van der Waals surface area contributed by atoms with Crippen molar-refractivity contribution in [3.05, 3.63) is 113 Å². The Morgan fingerprint density at radius 2 is 1.75 bits per heavy atom. The third-order valence-electron chi connectivity index (χ3n) is 6.31. The number of fused-ring (bicyclic) bond motifs is 1. The number of aryl methyl sites for hydroxylation is 2. The number of rotatable bonds is 5. The summed E-state index contributed by atoms with van der Waals surface area (Å²) in [6, 6.07) is 27.2. The highest BCUT2D eigenvalue weighted by Gasteiger charge is 2.19. The van der Waals surface area contributed by atoms with Crippen molar-refractivity contribution in [1.82, 2.24) is 14.8 Å². The van der Waals surface area contributed by atoms with Gasteiger partial charge in [0.05, 0.1) is 52.0 Å². The van der Waals surface area contributed by atoms with Gasteiger partial charge in [-0.1, -0.05) is 54.1 Å². The first-order valence-electron chi connectivity index (χ1n) is 11.7. The number of carbonyl (C=O) groups is 1. The first-order chi connectivity index (χ1) is 17.4. The zero-order valence-corrected chi connectivity index (χ0v) is 20.4. The minimum atomic E-state index is -0.202. The van der Waals surface area contributed by atoms with Gasteiger partial charge in [-0.15, -0.1) is 0 Å². The van der Waals surface area contributed by atoms with Gasteiger partial charge in [-0.05, 0) is 56.7 Å². The zero-order chi connectivity index (χ0) is 25.2. The van der Waals surface area contributed by atoms with Crippen LogP contribution >= 0.6 is 0 Å². The maximum Gasteiger partial charge on any atom is 0.256 e. The Kier molecular flexibility index (Phi) is 6.05. The highest BCUT2D eigenvalue weighted by molar-refractivity contribution is 6.13. The number of hydrogen-bond donors (Lipinski definition) is 1. The molecule has 0 saturated heterocycles. The second kappa shape index (κ2) is 9.47. The fraction of sp³-hybridized carbons (Fsp3) is 0.133. The number of benzene rings is 3. The van der Waals surface area contributed by atoms with Crippen molar-refractivity contribution >= 4 is 22.5 Å². The van der Waals surface area contributed by atoms with Gasteiger partial charge in [-0.2, -0.15) is 10.4 Å². The molecule has 5 rings (SSSR count). The summed E-state index contributed by atoms with van der Waals surface area (Å²) in [5.41, 5.74) is 8.15. The summed E-state index contributed by atoms with van der Waals surface area (Å²) in [5.74, 6) is -0.202. The Morgan fingerprint density at radius 3 is 2.50 bits per heavy atom. The molecule has 1 amide bonds. The molecule has 0 aliphatic carbocycles. The minimum absolute atomic E-state index is 0.202. The van der Waals surface area contributed by atoms with E-state index in [1.54, 1.807) is 12.1 Å². The third kappa shape index (κ3) is 4.47. The molecule has 176 valence electrons. The average molecular weight is 472 g/mol. The first kappa shape index (κ1) is 23.0. The summed E-state index contributed by atoms with van der Waals surface area (Å²) < 4.78 is 1.87. The molecule has 0 atom stereocenters. The molecule has 2 aromatic heterocycles. The van der Waals surface area contributed by atoms with Crippen molar-refractivity contribution in [3.63, 3.8) is 0 Å². The summed E-state index contributed by atoms with van der Waals surface area (Å²) >= 11 is 0. The van der Waals surface area contributed by atoms with Crippen molar-refractivity contribution in [2.45, 2.75) is 27.3 Å². The van der Waals surface area contributed by atoms with Crippen LogP contribution in [0.2, 0.25) is 0 Å². The van der Waals surface area contributed by atoms with Gasteiger partial charge in [-0.3, -0.25) is 9.48 Å². The second-order valence-corrected chi connectivity index (χ2v) is 8.91. The Balaban J connectivity index is 1.49. The number of nitriles is 1. The van der Waals surface area contributed by atoms with E-state index in [0.29, 0.717) is 23.4 Å². The highest BCUT2D eigenvalue weighted by Crippen LogP contribution is 2.27. The van der Waals surface area contributed by atoms with Crippen molar-refractivity contribution in [2.24, 2.45) is 0 Å². The molecular weight excluding hydrogens is 446 g/mol. The Bertz CT molecular complexity index is 1640. The number of hydrogen-bond acceptors (Lipinski definition) is 4. The Labute approximate surface area is 209 Å². The summed E-state index contributed by atoms with van der Waals surface area (Å²) in [5, 5.41) is 17.6. The quantitative estimate of drug-likeness (QED) is 0.331. The summed E-state index contributed by atoms with van der Waals surface area (Å²) in [6.45, 7) is 6.42. The number of pyridine rings is 1. The van der Waals surface area contributed by atoms with Crippen molar-refractivity contribution in [1.29, 1.82) is 5.26 Å². The van der Waals surface area contributed by atoms with E-state index in [1.165, 1.54) is 0 Å². The molecule has 0 bridgehead atoms. The predicted octanol–water partition coefficient (Wildman–Crippen LogP) is 6.20. The lowest BCUT2D eigenvalue weighted by Gasteiger charge is -2.12. The summed E-state index contributed by atoms with van der Waals surface area (Å²) in [6.07, 6.45) is 0. The van der Waals surface area contributed by atoms with E-state index in [1.807, 2.05) is 86.1 Å². The molecule has 36 heavy (non-hydrogen) atoms. The van der Waals surface area contributed by atoms with Crippen molar-refractivity contribution < 1.29 is 4.79 Å². The number of nitrogens with zero attached hydrogens (tertiary/aromatic N) is 4. The Hall–Kier alpha value is -4.76. The SMILES string of the molecule is Cc1cccc(-c2cc(C(=O)Nc3c(C)nn(Cc4ccc(C#N)cc4)c3C)c3ccccc3n2)c1. The molecule has 0 unspecified atom stereocenters. The molecule has 2 heterocycles. The van der Waals surface area contributed by atoms with Gasteiger partial charge in [0, 0.05) is 10.9 Å². The van der Waals surface area contributed by atoms with E-state index in [4.69, 9.17) is 10.2 Å². The Morgan fingerprint density at radius 1 is 0.972 bits per heavy atom. The molecule has 0 aliphatic rings.